The van der Waals surface area contributed by atoms with Gasteiger partial charge in [-0.1, -0.05) is 35.3 Å². The van der Waals surface area contributed by atoms with Crippen molar-refractivity contribution in [1.82, 2.24) is 16.0 Å². The number of aryl methyl sites for hydroxylation is 1. The zero-order valence-corrected chi connectivity index (χ0v) is 20.6. The molecule has 3 rings (SSSR count). The van der Waals surface area contributed by atoms with Gasteiger partial charge in [0.1, 0.15) is 11.8 Å². The number of carbonyl (C=O) groups is 3. The average Bonchev–Trinajstić information content (AvgIpc) is 3.25. The Labute approximate surface area is 217 Å². The lowest BCUT2D eigenvalue weighted by atomic mass is 10.00. The summed E-state index contributed by atoms with van der Waals surface area (Å²) in [5.41, 5.74) is 1.08. The molecular formula is C24H27Cl2N3O7. The molecule has 1 unspecified atom stereocenters. The molecule has 0 aromatic heterocycles. The number of halogens is 2. The standard InChI is InChI=1S/C24H27Cl2N3O7/c25-16-6-12(4-5-20(32)13-2-1-3-14(30)8-13)7-17(26)21(16)23(34)29-19(24(35)36)11-28-22(33)18-9-15(31)10-27-18/h1-3,6-8,15,18-20,27,30-32H,4-5,9-11H2,(H,28,33)(H,29,34)(H,35,36)/t15-,18-,19+,20?/m1/s1. The Hall–Kier alpha value is -2.89. The number of rotatable bonds is 10. The maximum atomic E-state index is 12.8. The SMILES string of the molecule is O=C(N[C@@H](CNC(=O)[C@H]1C[C@@H](O)CN1)C(=O)O)c1c(Cl)cc(CCC(O)c2cccc(O)c2)cc1Cl. The van der Waals surface area contributed by atoms with E-state index in [1.165, 1.54) is 24.3 Å². The molecule has 12 heteroatoms. The second kappa shape index (κ2) is 12.4. The number of hydrogen-bond donors (Lipinski definition) is 7. The quantitative estimate of drug-likeness (QED) is 0.237. The van der Waals surface area contributed by atoms with Crippen molar-refractivity contribution >= 4 is 41.0 Å². The first-order valence-corrected chi connectivity index (χ1v) is 12.0. The normalized spacial score (nSPS) is 18.9. The van der Waals surface area contributed by atoms with Crippen molar-refractivity contribution in [3.63, 3.8) is 0 Å². The molecule has 1 aliphatic heterocycles. The molecule has 1 heterocycles. The molecule has 0 bridgehead atoms. The summed E-state index contributed by atoms with van der Waals surface area (Å²) < 4.78 is 0. The summed E-state index contributed by atoms with van der Waals surface area (Å²) >= 11 is 12.6. The van der Waals surface area contributed by atoms with Crippen molar-refractivity contribution in [2.45, 2.75) is 43.6 Å². The van der Waals surface area contributed by atoms with E-state index in [1.54, 1.807) is 12.1 Å². The van der Waals surface area contributed by atoms with Crippen LogP contribution in [0.3, 0.4) is 0 Å². The number of aliphatic carboxylic acids is 1. The summed E-state index contributed by atoms with van der Waals surface area (Å²) in [5, 5.41) is 46.5. The second-order valence-corrected chi connectivity index (χ2v) is 9.36. The third-order valence-electron chi connectivity index (χ3n) is 5.80. The molecule has 1 fully saturated rings. The van der Waals surface area contributed by atoms with Crippen LogP contribution in [-0.2, 0) is 16.0 Å². The highest BCUT2D eigenvalue weighted by molar-refractivity contribution is 6.39. The lowest BCUT2D eigenvalue weighted by Crippen LogP contribution is -2.51. The van der Waals surface area contributed by atoms with Crippen molar-refractivity contribution in [2.24, 2.45) is 0 Å². The van der Waals surface area contributed by atoms with Crippen LogP contribution in [0.5, 0.6) is 5.75 Å². The first kappa shape index (κ1) is 27.7. The molecular weight excluding hydrogens is 513 g/mol. The van der Waals surface area contributed by atoms with Crippen molar-refractivity contribution in [2.75, 3.05) is 13.1 Å². The molecule has 36 heavy (non-hydrogen) atoms. The van der Waals surface area contributed by atoms with Crippen LogP contribution < -0.4 is 16.0 Å². The fourth-order valence-corrected chi connectivity index (χ4v) is 4.57. The van der Waals surface area contributed by atoms with E-state index in [4.69, 9.17) is 23.2 Å². The molecule has 1 saturated heterocycles. The van der Waals surface area contributed by atoms with Crippen molar-refractivity contribution in [3.8, 4) is 5.75 Å². The number of benzene rings is 2. The Bertz CT molecular complexity index is 1110. The van der Waals surface area contributed by atoms with Crippen molar-refractivity contribution in [1.29, 1.82) is 0 Å². The molecule has 194 valence electrons. The number of amides is 2. The minimum Gasteiger partial charge on any atom is -0.508 e. The zero-order valence-electron chi connectivity index (χ0n) is 19.1. The number of phenolic OH excluding ortho intramolecular Hbond substituents is 1. The Morgan fingerprint density at radius 3 is 2.42 bits per heavy atom. The Morgan fingerprint density at radius 2 is 1.83 bits per heavy atom. The highest BCUT2D eigenvalue weighted by Crippen LogP contribution is 2.29. The number of β-amino-alcohol motifs (C(OH)–C–C–N with tert-alkyl or cyclic N) is 1. The van der Waals surface area contributed by atoms with E-state index in [1.807, 2.05) is 0 Å². The Balaban J connectivity index is 1.61. The summed E-state index contributed by atoms with van der Waals surface area (Å²) in [6.45, 7) is -0.118. The number of aliphatic hydroxyl groups excluding tert-OH is 2. The lowest BCUT2D eigenvalue weighted by molar-refractivity contribution is -0.139. The van der Waals surface area contributed by atoms with Gasteiger partial charge < -0.3 is 36.4 Å². The van der Waals surface area contributed by atoms with Gasteiger partial charge in [-0.25, -0.2) is 4.79 Å². The Morgan fingerprint density at radius 1 is 1.14 bits per heavy atom. The van der Waals surface area contributed by atoms with Gasteiger partial charge in [-0.05, 0) is 54.7 Å². The number of carbonyl (C=O) groups excluding carboxylic acids is 2. The minimum absolute atomic E-state index is 0.000775. The van der Waals surface area contributed by atoms with Crippen LogP contribution in [0, 0.1) is 0 Å². The second-order valence-electron chi connectivity index (χ2n) is 8.54. The van der Waals surface area contributed by atoms with Crippen LogP contribution in [0.1, 0.15) is 40.4 Å². The van der Waals surface area contributed by atoms with Gasteiger partial charge in [0.15, 0.2) is 0 Å². The number of nitrogens with one attached hydrogen (secondary N) is 3. The number of carboxylic acids is 1. The predicted octanol–water partition coefficient (Wildman–Crippen LogP) is 1.39. The van der Waals surface area contributed by atoms with E-state index in [0.29, 0.717) is 24.0 Å². The smallest absolute Gasteiger partial charge is 0.328 e. The third-order valence-corrected chi connectivity index (χ3v) is 6.39. The summed E-state index contributed by atoms with van der Waals surface area (Å²) in [5.74, 6) is -2.64. The number of carboxylic acid groups (broad SMARTS) is 1. The van der Waals surface area contributed by atoms with E-state index in [-0.39, 0.29) is 40.9 Å². The number of phenols is 1. The predicted molar refractivity (Wildman–Crippen MR) is 132 cm³/mol. The summed E-state index contributed by atoms with van der Waals surface area (Å²) in [6, 6.07) is 7.20. The van der Waals surface area contributed by atoms with Crippen molar-refractivity contribution < 1.29 is 34.8 Å². The van der Waals surface area contributed by atoms with Gasteiger partial charge in [0.05, 0.1) is 33.9 Å². The van der Waals surface area contributed by atoms with Gasteiger partial charge in [-0.15, -0.1) is 0 Å². The van der Waals surface area contributed by atoms with Gasteiger partial charge in [0.25, 0.3) is 5.91 Å². The summed E-state index contributed by atoms with van der Waals surface area (Å²) in [4.78, 5) is 36.6. The first-order valence-electron chi connectivity index (χ1n) is 11.2. The first-order chi connectivity index (χ1) is 17.0. The van der Waals surface area contributed by atoms with E-state index in [0.717, 1.165) is 0 Å². The third kappa shape index (κ3) is 7.31. The van der Waals surface area contributed by atoms with Crippen LogP contribution in [0.2, 0.25) is 10.0 Å². The van der Waals surface area contributed by atoms with Crippen LogP contribution in [0.25, 0.3) is 0 Å². The average molecular weight is 540 g/mol. The molecule has 0 spiro atoms. The molecule has 7 N–H and O–H groups in total. The van der Waals surface area contributed by atoms with E-state index in [9.17, 15) is 34.8 Å². The van der Waals surface area contributed by atoms with E-state index >= 15 is 0 Å². The Kier molecular flexibility index (Phi) is 9.52. The van der Waals surface area contributed by atoms with Crippen LogP contribution in [0.4, 0.5) is 0 Å². The molecule has 2 aromatic carbocycles. The molecule has 10 nitrogen and oxygen atoms in total. The topological polar surface area (TPSA) is 168 Å². The molecule has 0 aliphatic carbocycles. The maximum Gasteiger partial charge on any atom is 0.328 e. The summed E-state index contributed by atoms with van der Waals surface area (Å²) in [7, 11) is 0. The fourth-order valence-electron chi connectivity index (χ4n) is 3.86. The van der Waals surface area contributed by atoms with Gasteiger partial charge in [0, 0.05) is 13.1 Å². The molecule has 0 radical (unpaired) electrons. The lowest BCUT2D eigenvalue weighted by Gasteiger charge is -2.18. The zero-order chi connectivity index (χ0) is 26.4. The fraction of sp³-hybridized carbons (Fsp3) is 0.375. The van der Waals surface area contributed by atoms with Crippen LogP contribution in [-0.4, -0.2) is 69.5 Å². The van der Waals surface area contributed by atoms with Gasteiger partial charge >= 0.3 is 5.97 Å². The highest BCUT2D eigenvalue weighted by Gasteiger charge is 2.30. The number of aliphatic hydroxyl groups is 2. The van der Waals surface area contributed by atoms with Crippen LogP contribution in [0.15, 0.2) is 36.4 Å². The van der Waals surface area contributed by atoms with Gasteiger partial charge in [-0.2, -0.15) is 0 Å². The molecule has 2 amide bonds. The molecule has 2 aromatic rings. The van der Waals surface area contributed by atoms with Gasteiger partial charge in [0.2, 0.25) is 5.91 Å². The molecule has 1 aliphatic rings. The monoisotopic (exact) mass is 539 g/mol. The van der Waals surface area contributed by atoms with E-state index < -0.39 is 42.1 Å². The largest absolute Gasteiger partial charge is 0.508 e. The van der Waals surface area contributed by atoms with Gasteiger partial charge in [-0.3, -0.25) is 9.59 Å². The summed E-state index contributed by atoms with van der Waals surface area (Å²) in [6.07, 6.45) is -0.621. The maximum absolute atomic E-state index is 12.8. The van der Waals surface area contributed by atoms with Crippen LogP contribution >= 0.6 is 23.2 Å². The van der Waals surface area contributed by atoms with Crippen molar-refractivity contribution in [3.05, 3.63) is 63.1 Å². The van der Waals surface area contributed by atoms with E-state index in [2.05, 4.69) is 16.0 Å². The number of hydrogen-bond acceptors (Lipinski definition) is 7. The minimum atomic E-state index is -1.45. The number of aromatic hydroxyl groups is 1. The highest BCUT2D eigenvalue weighted by atomic mass is 35.5. The molecule has 4 atom stereocenters. The molecule has 0 saturated carbocycles.